The van der Waals surface area contributed by atoms with Gasteiger partial charge in [0.05, 0.1) is 11.3 Å². The molecule has 0 aliphatic heterocycles. The third-order valence-electron chi connectivity index (χ3n) is 4.69. The molecule has 8 heteroatoms. The predicted molar refractivity (Wildman–Crippen MR) is 115 cm³/mol. The highest BCUT2D eigenvalue weighted by atomic mass is 35.5. The highest BCUT2D eigenvalue weighted by molar-refractivity contribution is 6.04. The number of rotatable bonds is 5. The van der Waals surface area contributed by atoms with Gasteiger partial charge in [-0.2, -0.15) is 0 Å². The van der Waals surface area contributed by atoms with Crippen molar-refractivity contribution in [2.75, 3.05) is 5.32 Å². The minimum atomic E-state index is -0.231. The molecule has 6 nitrogen and oxygen atoms in total. The summed E-state index contributed by atoms with van der Waals surface area (Å²) in [4.78, 5) is 29.1. The van der Waals surface area contributed by atoms with Crippen molar-refractivity contribution >= 4 is 42.3 Å². The van der Waals surface area contributed by atoms with Crippen molar-refractivity contribution < 1.29 is 9.59 Å². The molecule has 0 saturated heterocycles. The fourth-order valence-electron chi connectivity index (χ4n) is 3.27. The van der Waals surface area contributed by atoms with Crippen LogP contribution in [-0.4, -0.2) is 22.8 Å². The zero-order valence-corrected chi connectivity index (χ0v) is 17.1. The Kier molecular flexibility index (Phi) is 9.93. The van der Waals surface area contributed by atoms with Gasteiger partial charge in [0.15, 0.2) is 0 Å². The van der Waals surface area contributed by atoms with Crippen LogP contribution in [0.5, 0.6) is 0 Å². The maximum Gasteiger partial charge on any atom is 0.253 e. The molecule has 2 amide bonds. The second kappa shape index (κ2) is 11.6. The Morgan fingerprint density at radius 2 is 1.89 bits per heavy atom. The Morgan fingerprint density at radius 1 is 1.11 bits per heavy atom. The van der Waals surface area contributed by atoms with E-state index in [0.717, 1.165) is 24.8 Å². The molecule has 0 bridgehead atoms. The van der Waals surface area contributed by atoms with E-state index in [1.165, 1.54) is 0 Å². The van der Waals surface area contributed by atoms with Crippen molar-refractivity contribution in [3.8, 4) is 0 Å². The van der Waals surface area contributed by atoms with Crippen molar-refractivity contribution in [3.63, 3.8) is 0 Å². The molecule has 1 fully saturated rings. The minimum absolute atomic E-state index is 0. The first-order valence-electron chi connectivity index (χ1n) is 8.96. The number of nitrogens with zero attached hydrogens (tertiary/aromatic N) is 1. The van der Waals surface area contributed by atoms with Gasteiger partial charge < -0.3 is 16.4 Å². The lowest BCUT2D eigenvalue weighted by atomic mass is 9.85. The Morgan fingerprint density at radius 3 is 2.61 bits per heavy atom. The monoisotopic (exact) mass is 424 g/mol. The molecule has 28 heavy (non-hydrogen) atoms. The second-order valence-corrected chi connectivity index (χ2v) is 6.70. The summed E-state index contributed by atoms with van der Waals surface area (Å²) in [6.07, 6.45) is 6.87. The third kappa shape index (κ3) is 6.48. The molecule has 3 rings (SSSR count). The first-order valence-corrected chi connectivity index (χ1v) is 8.96. The van der Waals surface area contributed by atoms with E-state index in [1.807, 2.05) is 12.1 Å². The molecule has 1 heterocycles. The number of carbonyl (C=O) groups is 2. The van der Waals surface area contributed by atoms with Crippen LogP contribution in [0.2, 0.25) is 0 Å². The van der Waals surface area contributed by atoms with E-state index in [9.17, 15) is 9.59 Å². The maximum absolute atomic E-state index is 12.6. The Labute approximate surface area is 177 Å². The normalized spacial score (nSPS) is 18.2. The second-order valence-electron chi connectivity index (χ2n) is 6.70. The summed E-state index contributed by atoms with van der Waals surface area (Å²) in [5.74, 6) is -0.386. The number of hydrogen-bond acceptors (Lipinski definition) is 4. The third-order valence-corrected chi connectivity index (χ3v) is 4.69. The lowest BCUT2D eigenvalue weighted by molar-refractivity contribution is -0.120. The number of hydrogen-bond donors (Lipinski definition) is 3. The average molecular weight is 425 g/mol. The molecule has 1 aromatic carbocycles. The van der Waals surface area contributed by atoms with Crippen LogP contribution >= 0.6 is 24.8 Å². The van der Waals surface area contributed by atoms with Crippen LogP contribution < -0.4 is 16.4 Å². The first kappa shape index (κ1) is 23.9. The van der Waals surface area contributed by atoms with Gasteiger partial charge in [-0.25, -0.2) is 0 Å². The number of para-hydroxylation sites is 1. The largest absolute Gasteiger partial charge is 0.348 e. The van der Waals surface area contributed by atoms with Crippen molar-refractivity contribution in [2.24, 2.45) is 11.7 Å². The van der Waals surface area contributed by atoms with Crippen LogP contribution in [0.3, 0.4) is 0 Å². The van der Waals surface area contributed by atoms with E-state index in [0.29, 0.717) is 24.2 Å². The molecule has 0 spiro atoms. The average Bonchev–Trinajstić information content (AvgIpc) is 2.67. The molecule has 152 valence electrons. The molecule has 0 radical (unpaired) electrons. The lowest BCUT2D eigenvalue weighted by Crippen LogP contribution is -2.34. The number of aromatic nitrogens is 1. The summed E-state index contributed by atoms with van der Waals surface area (Å²) >= 11 is 0. The number of halogens is 2. The summed E-state index contributed by atoms with van der Waals surface area (Å²) in [5.41, 5.74) is 7.87. The number of anilines is 1. The van der Waals surface area contributed by atoms with E-state index in [2.05, 4.69) is 15.6 Å². The Bertz CT molecular complexity index is 774. The van der Waals surface area contributed by atoms with Gasteiger partial charge in [0.2, 0.25) is 5.91 Å². The van der Waals surface area contributed by atoms with Crippen LogP contribution in [-0.2, 0) is 11.3 Å². The van der Waals surface area contributed by atoms with Gasteiger partial charge in [-0.05, 0) is 43.0 Å². The summed E-state index contributed by atoms with van der Waals surface area (Å²) in [7, 11) is 0. The smallest absolute Gasteiger partial charge is 0.253 e. The van der Waals surface area contributed by atoms with Crippen molar-refractivity contribution in [1.82, 2.24) is 10.3 Å². The predicted octanol–water partition coefficient (Wildman–Crippen LogP) is 3.31. The minimum Gasteiger partial charge on any atom is -0.348 e. The molecule has 2 unspecified atom stereocenters. The topological polar surface area (TPSA) is 97.1 Å². The summed E-state index contributed by atoms with van der Waals surface area (Å²) in [6.45, 7) is 0.381. The van der Waals surface area contributed by atoms with Crippen LogP contribution in [0.1, 0.15) is 41.6 Å². The van der Waals surface area contributed by atoms with Crippen molar-refractivity contribution in [2.45, 2.75) is 38.3 Å². The summed E-state index contributed by atoms with van der Waals surface area (Å²) in [6, 6.07) is 10.8. The summed E-state index contributed by atoms with van der Waals surface area (Å²) in [5, 5.41) is 5.78. The van der Waals surface area contributed by atoms with E-state index in [1.54, 1.807) is 36.7 Å². The van der Waals surface area contributed by atoms with Crippen LogP contribution in [0.15, 0.2) is 48.8 Å². The first-order chi connectivity index (χ1) is 12.6. The molecule has 1 aliphatic carbocycles. The Hall–Kier alpha value is -2.15. The van der Waals surface area contributed by atoms with Gasteiger partial charge in [0.25, 0.3) is 5.91 Å². The van der Waals surface area contributed by atoms with E-state index in [-0.39, 0.29) is 48.6 Å². The zero-order chi connectivity index (χ0) is 18.4. The van der Waals surface area contributed by atoms with E-state index in [4.69, 9.17) is 5.73 Å². The van der Waals surface area contributed by atoms with Gasteiger partial charge >= 0.3 is 0 Å². The summed E-state index contributed by atoms with van der Waals surface area (Å²) < 4.78 is 0. The van der Waals surface area contributed by atoms with Gasteiger partial charge in [-0.1, -0.05) is 24.6 Å². The van der Waals surface area contributed by atoms with Gasteiger partial charge in [0, 0.05) is 30.9 Å². The number of carbonyl (C=O) groups excluding carboxylic acids is 2. The highest BCUT2D eigenvalue weighted by Crippen LogP contribution is 2.25. The number of nitrogens with one attached hydrogen (secondary N) is 2. The van der Waals surface area contributed by atoms with E-state index >= 15 is 0 Å². The van der Waals surface area contributed by atoms with Gasteiger partial charge in [0.1, 0.15) is 0 Å². The SMILES string of the molecule is Cl.Cl.NC1CCCC(C(=O)Nc2ccccc2C(=O)NCc2cccnc2)C1. The number of nitrogens with two attached hydrogens (primary N) is 1. The van der Waals surface area contributed by atoms with Crippen LogP contribution in [0.4, 0.5) is 5.69 Å². The number of pyridine rings is 1. The molecule has 2 atom stereocenters. The van der Waals surface area contributed by atoms with Crippen molar-refractivity contribution in [3.05, 3.63) is 59.9 Å². The molecule has 1 saturated carbocycles. The molecule has 1 aliphatic rings. The lowest BCUT2D eigenvalue weighted by Gasteiger charge is -2.26. The van der Waals surface area contributed by atoms with Crippen molar-refractivity contribution in [1.29, 1.82) is 0 Å². The molecule has 4 N–H and O–H groups in total. The molecule has 2 aromatic rings. The highest BCUT2D eigenvalue weighted by Gasteiger charge is 2.26. The quantitative estimate of drug-likeness (QED) is 0.685. The van der Waals surface area contributed by atoms with Gasteiger partial charge in [-0.15, -0.1) is 24.8 Å². The fraction of sp³-hybridized carbons (Fsp3) is 0.350. The number of amides is 2. The van der Waals surface area contributed by atoms with Crippen LogP contribution in [0, 0.1) is 5.92 Å². The Balaban J connectivity index is 0.00000196. The van der Waals surface area contributed by atoms with E-state index < -0.39 is 0 Å². The molecular formula is C20H26Cl2N4O2. The number of benzene rings is 1. The van der Waals surface area contributed by atoms with Gasteiger partial charge in [-0.3, -0.25) is 14.6 Å². The molecule has 1 aromatic heterocycles. The fourth-order valence-corrected chi connectivity index (χ4v) is 3.27. The molecular weight excluding hydrogens is 399 g/mol. The maximum atomic E-state index is 12.6. The standard InChI is InChI=1S/C20H24N4O2.2ClH/c21-16-7-3-6-15(11-16)19(25)24-18-9-2-1-8-17(18)20(26)23-13-14-5-4-10-22-12-14;;/h1-2,4-5,8-10,12,15-16H,3,6-7,11,13,21H2,(H,23,26)(H,24,25);2*1H. The van der Waals surface area contributed by atoms with Crippen LogP contribution in [0.25, 0.3) is 0 Å². The zero-order valence-electron chi connectivity index (χ0n) is 15.5.